The first-order chi connectivity index (χ1) is 8.22. The van der Waals surface area contributed by atoms with Crippen LogP contribution in [0, 0.1) is 0 Å². The fourth-order valence-electron chi connectivity index (χ4n) is 2.30. The maximum Gasteiger partial charge on any atom is 0.291 e. The standard InChI is InChI=1S/C11H19N5O/c1-3-9-7-15(2)5-4-6-16(9)11(17)10-12-8-13-14-10/h8-9H,3-7H2,1-2H3,(H,12,13,14). The predicted molar refractivity (Wildman–Crippen MR) is 63.6 cm³/mol. The average Bonchev–Trinajstić information content (AvgIpc) is 2.78. The molecule has 6 heteroatoms. The molecular formula is C11H19N5O. The van der Waals surface area contributed by atoms with Gasteiger partial charge in [-0.2, -0.15) is 5.10 Å². The van der Waals surface area contributed by atoms with E-state index in [1.54, 1.807) is 0 Å². The van der Waals surface area contributed by atoms with Crippen LogP contribution >= 0.6 is 0 Å². The van der Waals surface area contributed by atoms with E-state index in [-0.39, 0.29) is 11.9 Å². The Kier molecular flexibility index (Phi) is 3.73. The second-order valence-corrected chi connectivity index (χ2v) is 4.51. The molecule has 0 saturated carbocycles. The molecule has 0 aliphatic carbocycles. The van der Waals surface area contributed by atoms with Crippen LogP contribution < -0.4 is 0 Å². The maximum absolute atomic E-state index is 12.3. The molecule has 1 aliphatic rings. The average molecular weight is 237 g/mol. The van der Waals surface area contributed by atoms with Crippen LogP contribution in [-0.2, 0) is 0 Å². The van der Waals surface area contributed by atoms with E-state index in [1.807, 2.05) is 4.90 Å². The van der Waals surface area contributed by atoms with E-state index in [0.29, 0.717) is 5.82 Å². The third kappa shape index (κ3) is 2.63. The molecule has 0 aromatic carbocycles. The van der Waals surface area contributed by atoms with Crippen LogP contribution in [-0.4, -0.2) is 63.6 Å². The van der Waals surface area contributed by atoms with Crippen LogP contribution in [0.2, 0.25) is 0 Å². The fourth-order valence-corrected chi connectivity index (χ4v) is 2.30. The summed E-state index contributed by atoms with van der Waals surface area (Å²) in [5, 5.41) is 6.38. The van der Waals surface area contributed by atoms with E-state index in [2.05, 4.69) is 34.1 Å². The second-order valence-electron chi connectivity index (χ2n) is 4.51. The van der Waals surface area contributed by atoms with Gasteiger partial charge in [0.05, 0.1) is 0 Å². The number of aromatic amines is 1. The molecule has 1 aromatic heterocycles. The molecule has 94 valence electrons. The van der Waals surface area contributed by atoms with Crippen molar-refractivity contribution in [3.63, 3.8) is 0 Å². The lowest BCUT2D eigenvalue weighted by Crippen LogP contribution is -2.43. The first-order valence-electron chi connectivity index (χ1n) is 6.07. The lowest BCUT2D eigenvalue weighted by molar-refractivity contribution is 0.0663. The number of amides is 1. The molecule has 6 nitrogen and oxygen atoms in total. The van der Waals surface area contributed by atoms with E-state index in [1.165, 1.54) is 6.33 Å². The zero-order valence-electron chi connectivity index (χ0n) is 10.4. The van der Waals surface area contributed by atoms with Crippen molar-refractivity contribution in [3.05, 3.63) is 12.2 Å². The van der Waals surface area contributed by atoms with Crippen LogP contribution in [0.5, 0.6) is 0 Å². The van der Waals surface area contributed by atoms with E-state index < -0.39 is 0 Å². The molecular weight excluding hydrogens is 218 g/mol. The van der Waals surface area contributed by atoms with Crippen molar-refractivity contribution < 1.29 is 4.79 Å². The summed E-state index contributed by atoms with van der Waals surface area (Å²) in [6.07, 6.45) is 3.34. The summed E-state index contributed by atoms with van der Waals surface area (Å²) in [6, 6.07) is 0.264. The van der Waals surface area contributed by atoms with Crippen LogP contribution in [0.25, 0.3) is 0 Å². The number of carbonyl (C=O) groups excluding carboxylic acids is 1. The number of nitrogens with one attached hydrogen (secondary N) is 1. The van der Waals surface area contributed by atoms with E-state index in [0.717, 1.165) is 32.5 Å². The number of likely N-dealkylation sites (N-methyl/N-ethyl adjacent to an activating group) is 1. The van der Waals surface area contributed by atoms with Crippen LogP contribution in [0.1, 0.15) is 30.4 Å². The zero-order chi connectivity index (χ0) is 12.3. The van der Waals surface area contributed by atoms with Crippen LogP contribution in [0.15, 0.2) is 6.33 Å². The minimum atomic E-state index is -0.0374. The first-order valence-corrected chi connectivity index (χ1v) is 6.07. The van der Waals surface area contributed by atoms with E-state index in [4.69, 9.17) is 0 Å². The molecule has 1 aromatic rings. The summed E-state index contributed by atoms with van der Waals surface area (Å²) in [7, 11) is 2.10. The predicted octanol–water partition coefficient (Wildman–Crippen LogP) is 0.361. The quantitative estimate of drug-likeness (QED) is 0.806. The molecule has 2 heterocycles. The topological polar surface area (TPSA) is 65.1 Å². The minimum absolute atomic E-state index is 0.0374. The van der Waals surface area contributed by atoms with E-state index in [9.17, 15) is 4.79 Å². The monoisotopic (exact) mass is 237 g/mol. The molecule has 1 amide bonds. The Morgan fingerprint density at radius 1 is 1.59 bits per heavy atom. The summed E-state index contributed by atoms with van der Waals surface area (Å²) in [5.74, 6) is 0.303. The molecule has 1 saturated heterocycles. The van der Waals surface area contributed by atoms with Crippen LogP contribution in [0.3, 0.4) is 0 Å². The Balaban J connectivity index is 2.14. The van der Waals surface area contributed by atoms with Crippen molar-refractivity contribution >= 4 is 5.91 Å². The normalized spacial score (nSPS) is 22.5. The SMILES string of the molecule is CCC1CN(C)CCCN1C(=O)c1ncn[nH]1. The Morgan fingerprint density at radius 3 is 3.06 bits per heavy atom. The van der Waals surface area contributed by atoms with Gasteiger partial charge in [0.15, 0.2) is 0 Å². The number of aromatic nitrogens is 3. The summed E-state index contributed by atoms with van der Waals surface area (Å²) in [5.41, 5.74) is 0. The van der Waals surface area contributed by atoms with E-state index >= 15 is 0 Å². The van der Waals surface area contributed by atoms with Gasteiger partial charge in [-0.3, -0.25) is 9.89 Å². The molecule has 1 aliphatic heterocycles. The Bertz CT molecular complexity index is 364. The molecule has 0 spiro atoms. The summed E-state index contributed by atoms with van der Waals surface area (Å²) >= 11 is 0. The highest BCUT2D eigenvalue weighted by molar-refractivity contribution is 5.90. The molecule has 2 rings (SSSR count). The third-order valence-electron chi connectivity index (χ3n) is 3.25. The van der Waals surface area contributed by atoms with Crippen molar-refractivity contribution in [3.8, 4) is 0 Å². The van der Waals surface area contributed by atoms with Gasteiger partial charge in [-0.1, -0.05) is 6.92 Å². The van der Waals surface area contributed by atoms with Gasteiger partial charge in [-0.15, -0.1) is 0 Å². The van der Waals surface area contributed by atoms with Gasteiger partial charge >= 0.3 is 0 Å². The molecule has 1 N–H and O–H groups in total. The second kappa shape index (κ2) is 5.27. The molecule has 0 radical (unpaired) electrons. The highest BCUT2D eigenvalue weighted by Crippen LogP contribution is 2.14. The van der Waals surface area contributed by atoms with Crippen LogP contribution in [0.4, 0.5) is 0 Å². The van der Waals surface area contributed by atoms with Gasteiger partial charge in [-0.25, -0.2) is 4.98 Å². The zero-order valence-corrected chi connectivity index (χ0v) is 10.4. The Hall–Kier alpha value is -1.43. The summed E-state index contributed by atoms with van der Waals surface area (Å²) in [4.78, 5) is 20.4. The minimum Gasteiger partial charge on any atom is -0.332 e. The Labute approximate surface area is 101 Å². The third-order valence-corrected chi connectivity index (χ3v) is 3.25. The first kappa shape index (κ1) is 12.0. The van der Waals surface area contributed by atoms with Gasteiger partial charge in [0.1, 0.15) is 6.33 Å². The number of H-pyrrole nitrogens is 1. The van der Waals surface area contributed by atoms with Crippen molar-refractivity contribution in [2.75, 3.05) is 26.7 Å². The van der Waals surface area contributed by atoms with Gasteiger partial charge in [0.25, 0.3) is 5.91 Å². The number of hydrogen-bond acceptors (Lipinski definition) is 4. The Morgan fingerprint density at radius 2 is 2.41 bits per heavy atom. The van der Waals surface area contributed by atoms with Gasteiger partial charge in [-0.05, 0) is 26.4 Å². The lowest BCUT2D eigenvalue weighted by atomic mass is 10.2. The highest BCUT2D eigenvalue weighted by Gasteiger charge is 2.28. The number of nitrogens with zero attached hydrogens (tertiary/aromatic N) is 4. The van der Waals surface area contributed by atoms with Crippen molar-refractivity contribution in [2.24, 2.45) is 0 Å². The molecule has 0 bridgehead atoms. The van der Waals surface area contributed by atoms with Gasteiger partial charge < -0.3 is 9.80 Å². The van der Waals surface area contributed by atoms with Crippen molar-refractivity contribution in [2.45, 2.75) is 25.8 Å². The fraction of sp³-hybridized carbons (Fsp3) is 0.727. The largest absolute Gasteiger partial charge is 0.332 e. The molecule has 1 atom stereocenters. The summed E-state index contributed by atoms with van der Waals surface area (Å²) in [6.45, 7) is 4.87. The summed E-state index contributed by atoms with van der Waals surface area (Å²) < 4.78 is 0. The molecule has 17 heavy (non-hydrogen) atoms. The van der Waals surface area contributed by atoms with Gasteiger partial charge in [0, 0.05) is 19.1 Å². The molecule has 1 unspecified atom stereocenters. The lowest BCUT2D eigenvalue weighted by Gasteiger charge is -2.29. The number of carbonyl (C=O) groups is 1. The van der Waals surface area contributed by atoms with Crippen molar-refractivity contribution in [1.82, 2.24) is 25.0 Å². The number of hydrogen-bond donors (Lipinski definition) is 1. The maximum atomic E-state index is 12.3. The van der Waals surface area contributed by atoms with Crippen molar-refractivity contribution in [1.29, 1.82) is 0 Å². The van der Waals surface area contributed by atoms with Gasteiger partial charge in [0.2, 0.25) is 5.82 Å². The smallest absolute Gasteiger partial charge is 0.291 e. The highest BCUT2D eigenvalue weighted by atomic mass is 16.2. The molecule has 1 fully saturated rings. The number of rotatable bonds is 2.